The average Bonchev–Trinajstić information content (AvgIpc) is 2.40. The fourth-order valence-electron chi connectivity index (χ4n) is 1.65. The second kappa shape index (κ2) is 8.98. The lowest BCUT2D eigenvalue weighted by Crippen LogP contribution is -2.20. The lowest BCUT2D eigenvalue weighted by molar-refractivity contribution is 0.309. The van der Waals surface area contributed by atoms with E-state index in [4.69, 9.17) is 4.74 Å². The van der Waals surface area contributed by atoms with Gasteiger partial charge in [0.15, 0.2) is 0 Å². The topological polar surface area (TPSA) is 21.3 Å². The van der Waals surface area contributed by atoms with E-state index in [1.54, 1.807) is 0 Å². The predicted molar refractivity (Wildman–Crippen MR) is 78.0 cm³/mol. The highest BCUT2D eigenvalue weighted by atomic mass is 16.5. The Balaban J connectivity index is 2.27. The number of nitrogens with one attached hydrogen (secondary N) is 1. The van der Waals surface area contributed by atoms with Gasteiger partial charge in [-0.05, 0) is 36.6 Å². The molecule has 1 aromatic carbocycles. The van der Waals surface area contributed by atoms with Crippen LogP contribution in [0.25, 0.3) is 0 Å². The van der Waals surface area contributed by atoms with Gasteiger partial charge in [0.05, 0.1) is 6.61 Å². The Morgan fingerprint density at radius 2 is 1.89 bits per heavy atom. The Labute approximate surface area is 112 Å². The fourth-order valence-corrected chi connectivity index (χ4v) is 1.65. The molecule has 1 N–H and O–H groups in total. The normalized spacial score (nSPS) is 12.4. The van der Waals surface area contributed by atoms with Gasteiger partial charge in [0.25, 0.3) is 0 Å². The van der Waals surface area contributed by atoms with E-state index in [0.717, 1.165) is 37.8 Å². The van der Waals surface area contributed by atoms with Crippen molar-refractivity contribution < 1.29 is 4.74 Å². The molecule has 0 bridgehead atoms. The van der Waals surface area contributed by atoms with Crippen LogP contribution >= 0.6 is 0 Å². The van der Waals surface area contributed by atoms with Gasteiger partial charge in [-0.3, -0.25) is 0 Å². The molecule has 0 fully saturated rings. The highest BCUT2D eigenvalue weighted by Crippen LogP contribution is 2.12. The van der Waals surface area contributed by atoms with Crippen molar-refractivity contribution in [2.45, 2.75) is 46.6 Å². The molecule has 0 spiro atoms. The third-order valence-electron chi connectivity index (χ3n) is 3.21. The summed E-state index contributed by atoms with van der Waals surface area (Å²) in [7, 11) is 0. The summed E-state index contributed by atoms with van der Waals surface area (Å²) in [4.78, 5) is 0. The van der Waals surface area contributed by atoms with Crippen molar-refractivity contribution in [1.82, 2.24) is 5.32 Å². The van der Waals surface area contributed by atoms with Gasteiger partial charge in [0, 0.05) is 6.54 Å². The molecule has 2 heteroatoms. The molecule has 18 heavy (non-hydrogen) atoms. The standard InChI is InChI=1S/C16H27NO/c1-4-6-11-18-16-9-7-15(8-10-16)13-17-12-14(3)5-2/h7-10,14,17H,4-6,11-13H2,1-3H3. The summed E-state index contributed by atoms with van der Waals surface area (Å²) in [5.74, 6) is 1.73. The van der Waals surface area contributed by atoms with E-state index in [2.05, 4.69) is 50.4 Å². The fraction of sp³-hybridized carbons (Fsp3) is 0.625. The van der Waals surface area contributed by atoms with Gasteiger partial charge in [-0.2, -0.15) is 0 Å². The number of rotatable bonds is 9. The van der Waals surface area contributed by atoms with Crippen LogP contribution in [0.15, 0.2) is 24.3 Å². The summed E-state index contributed by atoms with van der Waals surface area (Å²) < 4.78 is 5.64. The molecule has 0 heterocycles. The second-order valence-corrected chi connectivity index (χ2v) is 4.99. The van der Waals surface area contributed by atoms with Gasteiger partial charge in [0.2, 0.25) is 0 Å². The van der Waals surface area contributed by atoms with Gasteiger partial charge in [0.1, 0.15) is 5.75 Å². The van der Waals surface area contributed by atoms with E-state index in [9.17, 15) is 0 Å². The quantitative estimate of drug-likeness (QED) is 0.668. The molecule has 0 aliphatic carbocycles. The van der Waals surface area contributed by atoms with Gasteiger partial charge < -0.3 is 10.1 Å². The summed E-state index contributed by atoms with van der Waals surface area (Å²) >= 11 is 0. The molecule has 2 nitrogen and oxygen atoms in total. The minimum atomic E-state index is 0.752. The molecular formula is C16H27NO. The van der Waals surface area contributed by atoms with Crippen LogP contribution in [0, 0.1) is 5.92 Å². The van der Waals surface area contributed by atoms with Crippen LogP contribution in [0.2, 0.25) is 0 Å². The van der Waals surface area contributed by atoms with Crippen LogP contribution in [-0.2, 0) is 6.54 Å². The molecule has 1 unspecified atom stereocenters. The van der Waals surface area contributed by atoms with E-state index in [0.29, 0.717) is 0 Å². The Kier molecular flexibility index (Phi) is 7.51. The smallest absolute Gasteiger partial charge is 0.119 e. The second-order valence-electron chi connectivity index (χ2n) is 4.99. The zero-order valence-electron chi connectivity index (χ0n) is 12.0. The average molecular weight is 249 g/mol. The van der Waals surface area contributed by atoms with Crippen LogP contribution in [0.4, 0.5) is 0 Å². The summed E-state index contributed by atoms with van der Waals surface area (Å²) in [5, 5.41) is 3.48. The predicted octanol–water partition coefficient (Wildman–Crippen LogP) is 4.00. The first-order valence-corrected chi connectivity index (χ1v) is 7.18. The maximum atomic E-state index is 5.64. The lowest BCUT2D eigenvalue weighted by Gasteiger charge is -2.10. The maximum absolute atomic E-state index is 5.64. The van der Waals surface area contributed by atoms with Crippen molar-refractivity contribution in [1.29, 1.82) is 0 Å². The first kappa shape index (κ1) is 15.0. The maximum Gasteiger partial charge on any atom is 0.119 e. The molecule has 0 aromatic heterocycles. The van der Waals surface area contributed by atoms with E-state index in [-0.39, 0.29) is 0 Å². The lowest BCUT2D eigenvalue weighted by atomic mass is 10.1. The largest absolute Gasteiger partial charge is 0.494 e. The van der Waals surface area contributed by atoms with E-state index in [1.165, 1.54) is 18.4 Å². The summed E-state index contributed by atoms with van der Waals surface area (Å²) in [6, 6.07) is 8.42. The number of benzene rings is 1. The van der Waals surface area contributed by atoms with Crippen molar-refractivity contribution in [3.05, 3.63) is 29.8 Å². The zero-order chi connectivity index (χ0) is 13.2. The van der Waals surface area contributed by atoms with Crippen LogP contribution in [0.1, 0.15) is 45.6 Å². The number of hydrogen-bond donors (Lipinski definition) is 1. The van der Waals surface area contributed by atoms with E-state index in [1.807, 2.05) is 0 Å². The molecule has 0 aliphatic heterocycles. The molecule has 0 saturated carbocycles. The Morgan fingerprint density at radius 1 is 1.17 bits per heavy atom. The SMILES string of the molecule is CCCCOc1ccc(CNCC(C)CC)cc1. The third-order valence-corrected chi connectivity index (χ3v) is 3.21. The first-order valence-electron chi connectivity index (χ1n) is 7.18. The number of hydrogen-bond acceptors (Lipinski definition) is 2. The van der Waals surface area contributed by atoms with Crippen molar-refractivity contribution in [2.24, 2.45) is 5.92 Å². The van der Waals surface area contributed by atoms with Crippen molar-refractivity contribution in [3.63, 3.8) is 0 Å². The first-order chi connectivity index (χ1) is 8.76. The molecule has 1 atom stereocenters. The Bertz CT molecular complexity index is 307. The number of unbranched alkanes of at least 4 members (excludes halogenated alkanes) is 1. The van der Waals surface area contributed by atoms with Gasteiger partial charge >= 0.3 is 0 Å². The third kappa shape index (κ3) is 6.06. The molecule has 102 valence electrons. The van der Waals surface area contributed by atoms with Gasteiger partial charge in [-0.15, -0.1) is 0 Å². The molecule has 0 saturated heterocycles. The minimum Gasteiger partial charge on any atom is -0.494 e. The van der Waals surface area contributed by atoms with Crippen molar-refractivity contribution >= 4 is 0 Å². The minimum absolute atomic E-state index is 0.752. The van der Waals surface area contributed by atoms with Crippen molar-refractivity contribution in [2.75, 3.05) is 13.2 Å². The summed E-state index contributed by atoms with van der Waals surface area (Å²) in [6.07, 6.45) is 3.53. The Morgan fingerprint density at radius 3 is 2.50 bits per heavy atom. The van der Waals surface area contributed by atoms with E-state index >= 15 is 0 Å². The zero-order valence-corrected chi connectivity index (χ0v) is 12.0. The molecule has 0 aliphatic rings. The Hall–Kier alpha value is -1.02. The van der Waals surface area contributed by atoms with Crippen LogP contribution in [0.3, 0.4) is 0 Å². The van der Waals surface area contributed by atoms with Gasteiger partial charge in [-0.1, -0.05) is 45.7 Å². The van der Waals surface area contributed by atoms with Crippen LogP contribution < -0.4 is 10.1 Å². The number of ether oxygens (including phenoxy) is 1. The summed E-state index contributed by atoms with van der Waals surface area (Å²) in [6.45, 7) is 9.54. The van der Waals surface area contributed by atoms with Crippen molar-refractivity contribution in [3.8, 4) is 5.75 Å². The highest BCUT2D eigenvalue weighted by molar-refractivity contribution is 5.27. The molecule has 1 rings (SSSR count). The van der Waals surface area contributed by atoms with Crippen LogP contribution in [-0.4, -0.2) is 13.2 Å². The van der Waals surface area contributed by atoms with E-state index < -0.39 is 0 Å². The molecule has 1 aromatic rings. The monoisotopic (exact) mass is 249 g/mol. The van der Waals surface area contributed by atoms with Gasteiger partial charge in [-0.25, -0.2) is 0 Å². The molecule has 0 amide bonds. The molecular weight excluding hydrogens is 222 g/mol. The van der Waals surface area contributed by atoms with Crippen LogP contribution in [0.5, 0.6) is 5.75 Å². The molecule has 0 radical (unpaired) electrons. The summed E-state index contributed by atoms with van der Waals surface area (Å²) in [5.41, 5.74) is 1.32. The highest BCUT2D eigenvalue weighted by Gasteiger charge is 1.99.